The van der Waals surface area contributed by atoms with Gasteiger partial charge in [0, 0.05) is 6.54 Å². The van der Waals surface area contributed by atoms with E-state index in [1.165, 1.54) is 12.0 Å². The first kappa shape index (κ1) is 15.0. The maximum absolute atomic E-state index is 5.98. The van der Waals surface area contributed by atoms with Gasteiger partial charge in [-0.1, -0.05) is 39.8 Å². The van der Waals surface area contributed by atoms with Crippen LogP contribution in [0.1, 0.15) is 52.0 Å². The standard InChI is InChI=1S/C16H27NO/c1-5-11-17-12-15(6-2)18-16-9-7-14(8-10-16)13(3)4/h7-10,13,15,17H,5-6,11-12H2,1-4H3. The zero-order valence-electron chi connectivity index (χ0n) is 12.2. The molecule has 1 aromatic rings. The Bertz CT molecular complexity index is 318. The van der Waals surface area contributed by atoms with Crippen LogP contribution in [-0.4, -0.2) is 19.2 Å². The van der Waals surface area contributed by atoms with Crippen molar-refractivity contribution in [2.75, 3.05) is 13.1 Å². The van der Waals surface area contributed by atoms with E-state index in [1.54, 1.807) is 0 Å². The van der Waals surface area contributed by atoms with Gasteiger partial charge in [0.2, 0.25) is 0 Å². The summed E-state index contributed by atoms with van der Waals surface area (Å²) in [5.41, 5.74) is 1.36. The van der Waals surface area contributed by atoms with Crippen molar-refractivity contribution in [1.82, 2.24) is 5.32 Å². The van der Waals surface area contributed by atoms with Crippen LogP contribution < -0.4 is 10.1 Å². The fourth-order valence-electron chi connectivity index (χ4n) is 1.83. The van der Waals surface area contributed by atoms with Gasteiger partial charge in [0.1, 0.15) is 11.9 Å². The Morgan fingerprint density at radius 3 is 2.28 bits per heavy atom. The first-order valence-electron chi connectivity index (χ1n) is 7.14. The lowest BCUT2D eigenvalue weighted by Gasteiger charge is -2.18. The normalized spacial score (nSPS) is 12.7. The SMILES string of the molecule is CCCNCC(CC)Oc1ccc(C(C)C)cc1. The molecule has 1 unspecified atom stereocenters. The zero-order valence-corrected chi connectivity index (χ0v) is 12.2. The van der Waals surface area contributed by atoms with Crippen LogP contribution in [0.4, 0.5) is 0 Å². The molecule has 1 rings (SSSR count). The van der Waals surface area contributed by atoms with Crippen LogP contribution in [0.15, 0.2) is 24.3 Å². The van der Waals surface area contributed by atoms with E-state index in [-0.39, 0.29) is 6.10 Å². The highest BCUT2D eigenvalue weighted by Gasteiger charge is 2.07. The molecule has 0 saturated heterocycles. The molecule has 1 N–H and O–H groups in total. The van der Waals surface area contributed by atoms with E-state index in [2.05, 4.69) is 57.3 Å². The monoisotopic (exact) mass is 249 g/mol. The van der Waals surface area contributed by atoms with Crippen LogP contribution in [0.5, 0.6) is 5.75 Å². The Kier molecular flexibility index (Phi) is 6.81. The van der Waals surface area contributed by atoms with Gasteiger partial charge in [-0.15, -0.1) is 0 Å². The molecule has 1 aromatic carbocycles. The molecule has 1 atom stereocenters. The second-order valence-corrected chi connectivity index (χ2v) is 5.08. The summed E-state index contributed by atoms with van der Waals surface area (Å²) in [4.78, 5) is 0. The molecule has 2 nitrogen and oxygen atoms in total. The maximum Gasteiger partial charge on any atom is 0.119 e. The highest BCUT2D eigenvalue weighted by Crippen LogP contribution is 2.19. The smallest absolute Gasteiger partial charge is 0.119 e. The third-order valence-corrected chi connectivity index (χ3v) is 3.10. The van der Waals surface area contributed by atoms with Crippen molar-refractivity contribution in [2.45, 2.75) is 52.6 Å². The van der Waals surface area contributed by atoms with E-state index in [9.17, 15) is 0 Å². The summed E-state index contributed by atoms with van der Waals surface area (Å²) in [6, 6.07) is 8.48. The summed E-state index contributed by atoms with van der Waals surface area (Å²) in [6.45, 7) is 10.8. The Morgan fingerprint density at radius 2 is 1.78 bits per heavy atom. The van der Waals surface area contributed by atoms with Gasteiger partial charge in [-0.25, -0.2) is 0 Å². The van der Waals surface area contributed by atoms with E-state index in [0.717, 1.165) is 25.3 Å². The second kappa shape index (κ2) is 8.15. The predicted octanol–water partition coefficient (Wildman–Crippen LogP) is 3.97. The summed E-state index contributed by atoms with van der Waals surface area (Å²) in [6.07, 6.45) is 2.46. The number of hydrogen-bond donors (Lipinski definition) is 1. The number of rotatable bonds is 8. The van der Waals surface area contributed by atoms with Gasteiger partial charge in [-0.3, -0.25) is 0 Å². The third-order valence-electron chi connectivity index (χ3n) is 3.10. The van der Waals surface area contributed by atoms with Crippen LogP contribution in [0.3, 0.4) is 0 Å². The van der Waals surface area contributed by atoms with Gasteiger partial charge < -0.3 is 10.1 Å². The van der Waals surface area contributed by atoms with Gasteiger partial charge in [0.25, 0.3) is 0 Å². The van der Waals surface area contributed by atoms with Crippen LogP contribution in [0.2, 0.25) is 0 Å². The van der Waals surface area contributed by atoms with E-state index >= 15 is 0 Å². The summed E-state index contributed by atoms with van der Waals surface area (Å²) in [5.74, 6) is 1.55. The Hall–Kier alpha value is -1.02. The highest BCUT2D eigenvalue weighted by molar-refractivity contribution is 5.29. The molecule has 0 aromatic heterocycles. The van der Waals surface area contributed by atoms with Crippen molar-refractivity contribution in [1.29, 1.82) is 0 Å². The molecule has 0 radical (unpaired) electrons. The average Bonchev–Trinajstić information content (AvgIpc) is 2.38. The molecule has 102 valence electrons. The van der Waals surface area contributed by atoms with E-state index in [1.807, 2.05) is 0 Å². The topological polar surface area (TPSA) is 21.3 Å². The van der Waals surface area contributed by atoms with Crippen molar-refractivity contribution in [2.24, 2.45) is 0 Å². The molecule has 2 heteroatoms. The zero-order chi connectivity index (χ0) is 13.4. The third kappa shape index (κ3) is 5.09. The van der Waals surface area contributed by atoms with E-state index < -0.39 is 0 Å². The van der Waals surface area contributed by atoms with Crippen molar-refractivity contribution in [3.63, 3.8) is 0 Å². The molecule has 0 amide bonds. The Balaban J connectivity index is 2.48. The number of nitrogens with one attached hydrogen (secondary N) is 1. The van der Waals surface area contributed by atoms with Crippen LogP contribution in [-0.2, 0) is 0 Å². The lowest BCUT2D eigenvalue weighted by molar-refractivity contribution is 0.193. The molecule has 0 saturated carbocycles. The number of hydrogen-bond acceptors (Lipinski definition) is 2. The van der Waals surface area contributed by atoms with Gasteiger partial charge in [0.05, 0.1) is 0 Å². The molecule has 0 aliphatic carbocycles. The molecule has 0 aliphatic heterocycles. The maximum atomic E-state index is 5.98. The minimum Gasteiger partial charge on any atom is -0.489 e. The molecule has 18 heavy (non-hydrogen) atoms. The number of ether oxygens (including phenoxy) is 1. The fourth-order valence-corrected chi connectivity index (χ4v) is 1.83. The predicted molar refractivity (Wildman–Crippen MR) is 78.4 cm³/mol. The number of benzene rings is 1. The molecular formula is C16H27NO. The summed E-state index contributed by atoms with van der Waals surface area (Å²) in [5, 5.41) is 3.41. The fraction of sp³-hybridized carbons (Fsp3) is 0.625. The van der Waals surface area contributed by atoms with Crippen LogP contribution in [0.25, 0.3) is 0 Å². The molecule has 0 heterocycles. The first-order chi connectivity index (χ1) is 8.67. The summed E-state index contributed by atoms with van der Waals surface area (Å²) in [7, 11) is 0. The Labute approximate surface area is 112 Å². The van der Waals surface area contributed by atoms with Crippen molar-refractivity contribution >= 4 is 0 Å². The minimum absolute atomic E-state index is 0.265. The Morgan fingerprint density at radius 1 is 1.11 bits per heavy atom. The van der Waals surface area contributed by atoms with E-state index in [0.29, 0.717) is 5.92 Å². The lowest BCUT2D eigenvalue weighted by atomic mass is 10.0. The van der Waals surface area contributed by atoms with Crippen molar-refractivity contribution < 1.29 is 4.74 Å². The van der Waals surface area contributed by atoms with Gasteiger partial charge >= 0.3 is 0 Å². The molecular weight excluding hydrogens is 222 g/mol. The van der Waals surface area contributed by atoms with Gasteiger partial charge in [-0.05, 0) is 43.0 Å². The van der Waals surface area contributed by atoms with Crippen molar-refractivity contribution in [3.8, 4) is 5.75 Å². The average molecular weight is 249 g/mol. The quantitative estimate of drug-likeness (QED) is 0.704. The molecule has 0 bridgehead atoms. The van der Waals surface area contributed by atoms with Crippen LogP contribution >= 0.6 is 0 Å². The second-order valence-electron chi connectivity index (χ2n) is 5.08. The molecule has 0 aliphatic rings. The van der Waals surface area contributed by atoms with Crippen LogP contribution in [0, 0.1) is 0 Å². The first-order valence-corrected chi connectivity index (χ1v) is 7.14. The summed E-state index contributed by atoms with van der Waals surface area (Å²) >= 11 is 0. The summed E-state index contributed by atoms with van der Waals surface area (Å²) < 4.78 is 5.98. The van der Waals surface area contributed by atoms with Gasteiger partial charge in [-0.2, -0.15) is 0 Å². The van der Waals surface area contributed by atoms with Gasteiger partial charge in [0.15, 0.2) is 0 Å². The highest BCUT2D eigenvalue weighted by atomic mass is 16.5. The van der Waals surface area contributed by atoms with E-state index in [4.69, 9.17) is 4.74 Å². The lowest BCUT2D eigenvalue weighted by Crippen LogP contribution is -2.31. The molecule has 0 spiro atoms. The minimum atomic E-state index is 0.265. The largest absolute Gasteiger partial charge is 0.489 e. The van der Waals surface area contributed by atoms with Crippen molar-refractivity contribution in [3.05, 3.63) is 29.8 Å². The molecule has 0 fully saturated rings.